The minimum Gasteiger partial charge on any atom is -0.393 e. The molecule has 152 valence electrons. The first-order valence-electron chi connectivity index (χ1n) is 11.7. The van der Waals surface area contributed by atoms with E-state index in [0.717, 1.165) is 73.0 Å². The average Bonchev–Trinajstić information content (AvgIpc) is 2.64. The van der Waals surface area contributed by atoms with Crippen molar-refractivity contribution in [3.8, 4) is 0 Å². The van der Waals surface area contributed by atoms with Crippen LogP contribution in [0.15, 0.2) is 0 Å². The lowest BCUT2D eigenvalue weighted by Gasteiger charge is -2.50. The Bertz CT molecular complexity index is 364. The second-order valence-electron chi connectivity index (χ2n) is 10.6. The number of aliphatic hydroxyl groups is 2. The van der Waals surface area contributed by atoms with Crippen LogP contribution in [0.2, 0.25) is 0 Å². The van der Waals surface area contributed by atoms with Gasteiger partial charge in [-0.3, -0.25) is 0 Å². The predicted octanol–water partition coefficient (Wildman–Crippen LogP) is 5.66. The summed E-state index contributed by atoms with van der Waals surface area (Å²) in [6, 6.07) is 0. The molecule has 0 amide bonds. The highest BCUT2D eigenvalue weighted by molar-refractivity contribution is 4.93. The van der Waals surface area contributed by atoms with Crippen molar-refractivity contribution in [2.24, 2.45) is 47.3 Å². The summed E-state index contributed by atoms with van der Waals surface area (Å²) < 4.78 is 0. The molecule has 2 nitrogen and oxygen atoms in total. The van der Waals surface area contributed by atoms with E-state index in [1.807, 2.05) is 0 Å². The van der Waals surface area contributed by atoms with E-state index in [1.165, 1.54) is 38.5 Å². The molecule has 0 bridgehead atoms. The third kappa shape index (κ3) is 4.66. The Morgan fingerprint density at radius 2 is 0.769 bits per heavy atom. The molecule has 0 heterocycles. The van der Waals surface area contributed by atoms with Crippen molar-refractivity contribution in [3.63, 3.8) is 0 Å². The van der Waals surface area contributed by atoms with Crippen LogP contribution in [0.4, 0.5) is 0 Å². The number of aliphatic hydroxyl groups excluding tert-OH is 2. The van der Waals surface area contributed by atoms with Gasteiger partial charge in [0.05, 0.1) is 12.2 Å². The Hall–Kier alpha value is -0.0800. The summed E-state index contributed by atoms with van der Waals surface area (Å²) in [5.41, 5.74) is 0. The fourth-order valence-corrected chi connectivity index (χ4v) is 6.91. The molecule has 3 aliphatic rings. The van der Waals surface area contributed by atoms with Crippen molar-refractivity contribution in [1.29, 1.82) is 0 Å². The van der Waals surface area contributed by atoms with Gasteiger partial charge in [-0.05, 0) is 112 Å². The number of rotatable bonds is 4. The molecule has 26 heavy (non-hydrogen) atoms. The molecular weight excluding hydrogens is 320 g/mol. The number of hydrogen-bond acceptors (Lipinski definition) is 2. The normalized spacial score (nSPS) is 50.5. The summed E-state index contributed by atoms with van der Waals surface area (Å²) in [6.45, 7) is 10.1. The van der Waals surface area contributed by atoms with Crippen molar-refractivity contribution in [2.45, 2.75) is 104 Å². The molecule has 3 aliphatic carbocycles. The summed E-state index contributed by atoms with van der Waals surface area (Å²) in [7, 11) is 0. The Kier molecular flexibility index (Phi) is 7.11. The molecule has 4 unspecified atom stereocenters. The first kappa shape index (κ1) is 20.6. The van der Waals surface area contributed by atoms with Gasteiger partial charge in [0, 0.05) is 0 Å². The molecular formula is C24H44O2. The van der Waals surface area contributed by atoms with Crippen LogP contribution >= 0.6 is 0 Å². The van der Waals surface area contributed by atoms with Gasteiger partial charge in [-0.2, -0.15) is 0 Å². The van der Waals surface area contributed by atoms with Gasteiger partial charge in [-0.25, -0.2) is 0 Å². The third-order valence-electron chi connectivity index (χ3n) is 9.20. The van der Waals surface area contributed by atoms with E-state index in [1.54, 1.807) is 0 Å². The molecule has 3 fully saturated rings. The second kappa shape index (κ2) is 8.95. The fourth-order valence-electron chi connectivity index (χ4n) is 6.91. The van der Waals surface area contributed by atoms with Crippen LogP contribution in [-0.4, -0.2) is 22.4 Å². The van der Waals surface area contributed by atoms with E-state index < -0.39 is 0 Å². The van der Waals surface area contributed by atoms with Crippen LogP contribution in [0, 0.1) is 47.3 Å². The molecule has 0 saturated heterocycles. The van der Waals surface area contributed by atoms with E-state index >= 15 is 0 Å². The van der Waals surface area contributed by atoms with Crippen molar-refractivity contribution in [3.05, 3.63) is 0 Å². The van der Waals surface area contributed by atoms with E-state index in [-0.39, 0.29) is 12.2 Å². The van der Waals surface area contributed by atoms with Crippen LogP contribution < -0.4 is 0 Å². The molecule has 3 saturated carbocycles. The minimum absolute atomic E-state index is 0.0244. The molecule has 3 rings (SSSR count). The predicted molar refractivity (Wildman–Crippen MR) is 109 cm³/mol. The lowest BCUT2D eigenvalue weighted by atomic mass is 9.55. The molecule has 0 aromatic carbocycles. The molecule has 4 atom stereocenters. The van der Waals surface area contributed by atoms with Gasteiger partial charge in [0.1, 0.15) is 0 Å². The van der Waals surface area contributed by atoms with Gasteiger partial charge in [-0.15, -0.1) is 0 Å². The summed E-state index contributed by atoms with van der Waals surface area (Å²) >= 11 is 0. The van der Waals surface area contributed by atoms with E-state index in [0.29, 0.717) is 0 Å². The Labute approximate surface area is 162 Å². The maximum Gasteiger partial charge on any atom is 0.0540 e. The molecule has 2 heteroatoms. The standard InChI is InChI=1S/C24H44O2/c1-15-16(2)24(14-20-7-11-22(26)12-8-20)18(4)17(3)23(15)13-19-5-9-21(25)10-6-19/h15-26H,5-14H2,1-4H3. The first-order chi connectivity index (χ1) is 12.4. The Balaban J connectivity index is 1.58. The van der Waals surface area contributed by atoms with Gasteiger partial charge in [0.2, 0.25) is 0 Å². The van der Waals surface area contributed by atoms with Gasteiger partial charge in [-0.1, -0.05) is 27.7 Å². The molecule has 0 aromatic heterocycles. The smallest absolute Gasteiger partial charge is 0.0540 e. The summed E-state index contributed by atoms with van der Waals surface area (Å²) in [6.07, 6.45) is 11.8. The van der Waals surface area contributed by atoms with Crippen molar-refractivity contribution in [1.82, 2.24) is 0 Å². The minimum atomic E-state index is -0.0244. The summed E-state index contributed by atoms with van der Waals surface area (Å²) in [5.74, 6) is 6.74. The summed E-state index contributed by atoms with van der Waals surface area (Å²) in [4.78, 5) is 0. The van der Waals surface area contributed by atoms with Gasteiger partial charge < -0.3 is 10.2 Å². The Morgan fingerprint density at radius 1 is 0.500 bits per heavy atom. The summed E-state index contributed by atoms with van der Waals surface area (Å²) in [5, 5.41) is 19.6. The highest BCUT2D eigenvalue weighted by Crippen LogP contribution is 2.51. The van der Waals surface area contributed by atoms with Crippen molar-refractivity contribution < 1.29 is 10.2 Å². The quantitative estimate of drug-likeness (QED) is 0.676. The van der Waals surface area contributed by atoms with E-state index in [2.05, 4.69) is 27.7 Å². The molecule has 0 radical (unpaired) electrons. The molecule has 2 N–H and O–H groups in total. The monoisotopic (exact) mass is 364 g/mol. The van der Waals surface area contributed by atoms with Gasteiger partial charge in [0.15, 0.2) is 0 Å². The fraction of sp³-hybridized carbons (Fsp3) is 1.00. The Morgan fingerprint density at radius 3 is 1.04 bits per heavy atom. The van der Waals surface area contributed by atoms with Crippen LogP contribution in [0.3, 0.4) is 0 Å². The van der Waals surface area contributed by atoms with Crippen LogP contribution in [0.25, 0.3) is 0 Å². The molecule has 0 aromatic rings. The van der Waals surface area contributed by atoms with Crippen LogP contribution in [0.1, 0.15) is 91.9 Å². The topological polar surface area (TPSA) is 40.5 Å². The van der Waals surface area contributed by atoms with Gasteiger partial charge >= 0.3 is 0 Å². The van der Waals surface area contributed by atoms with Crippen molar-refractivity contribution in [2.75, 3.05) is 0 Å². The average molecular weight is 365 g/mol. The first-order valence-corrected chi connectivity index (χ1v) is 11.7. The van der Waals surface area contributed by atoms with Crippen LogP contribution in [0.5, 0.6) is 0 Å². The zero-order valence-corrected chi connectivity index (χ0v) is 17.7. The highest BCUT2D eigenvalue weighted by Gasteiger charge is 2.44. The lowest BCUT2D eigenvalue weighted by Crippen LogP contribution is -2.44. The SMILES string of the molecule is CC1C(C)C(CC2CCC(O)CC2)C(C)C(C)C1CC1CCC(O)CC1. The van der Waals surface area contributed by atoms with Crippen molar-refractivity contribution >= 4 is 0 Å². The maximum absolute atomic E-state index is 9.81. The zero-order valence-electron chi connectivity index (χ0n) is 17.7. The second-order valence-corrected chi connectivity index (χ2v) is 10.6. The van der Waals surface area contributed by atoms with E-state index in [9.17, 15) is 10.2 Å². The van der Waals surface area contributed by atoms with Gasteiger partial charge in [0.25, 0.3) is 0 Å². The third-order valence-corrected chi connectivity index (χ3v) is 9.20. The molecule has 0 aliphatic heterocycles. The molecule has 0 spiro atoms. The number of hydrogen-bond donors (Lipinski definition) is 2. The maximum atomic E-state index is 9.81. The van der Waals surface area contributed by atoms with E-state index in [4.69, 9.17) is 0 Å². The van der Waals surface area contributed by atoms with Crippen LogP contribution in [-0.2, 0) is 0 Å². The zero-order chi connectivity index (χ0) is 18.8. The lowest BCUT2D eigenvalue weighted by molar-refractivity contribution is -0.0216. The highest BCUT2D eigenvalue weighted by atomic mass is 16.3. The largest absolute Gasteiger partial charge is 0.393 e.